The number of rotatable bonds is 3. The molecule has 2 aliphatic rings. The molecule has 0 aromatic heterocycles. The van der Waals surface area contributed by atoms with Gasteiger partial charge in [-0.1, -0.05) is 37.5 Å². The molecule has 1 aliphatic carbocycles. The van der Waals surface area contributed by atoms with E-state index in [0.29, 0.717) is 19.0 Å². The van der Waals surface area contributed by atoms with Crippen LogP contribution in [0.3, 0.4) is 0 Å². The predicted octanol–water partition coefficient (Wildman–Crippen LogP) is 2.49. The Bertz CT molecular complexity index is 509. The minimum Gasteiger partial charge on any atom is -0.353 e. The summed E-state index contributed by atoms with van der Waals surface area (Å²) in [6, 6.07) is 9.90. The van der Waals surface area contributed by atoms with Crippen molar-refractivity contribution in [3.8, 4) is 0 Å². The summed E-state index contributed by atoms with van der Waals surface area (Å²) in [6.07, 6.45) is 6.16. The number of carbonyl (C=O) groups is 2. The maximum Gasteiger partial charge on any atom is 0.227 e. The zero-order valence-corrected chi connectivity index (χ0v) is 12.3. The molecule has 1 atom stereocenters. The summed E-state index contributed by atoms with van der Waals surface area (Å²) in [6.45, 7) is 0.501. The van der Waals surface area contributed by atoms with Crippen LogP contribution in [0.1, 0.15) is 38.5 Å². The standard InChI is InChI=1S/C17H22N2O2/c20-16-11-13(12-19(16)15-9-5-2-6-10-15)17(21)18-14-7-3-1-4-8-14/h2,5-6,9-10,13-14H,1,3-4,7-8,11-12H2,(H,18,21)/t13-/m1/s1. The van der Waals surface area contributed by atoms with Crippen LogP contribution in [0.2, 0.25) is 0 Å². The van der Waals surface area contributed by atoms with E-state index in [-0.39, 0.29) is 17.7 Å². The molecule has 112 valence electrons. The Morgan fingerprint density at radius 3 is 2.52 bits per heavy atom. The summed E-state index contributed by atoms with van der Waals surface area (Å²) in [7, 11) is 0. The molecule has 2 amide bonds. The summed E-state index contributed by atoms with van der Waals surface area (Å²) in [5.74, 6) is -0.113. The summed E-state index contributed by atoms with van der Waals surface area (Å²) in [4.78, 5) is 26.2. The number of hydrogen-bond donors (Lipinski definition) is 1. The molecule has 1 aliphatic heterocycles. The van der Waals surface area contributed by atoms with Crippen LogP contribution < -0.4 is 10.2 Å². The van der Waals surface area contributed by atoms with Crippen molar-refractivity contribution in [2.45, 2.75) is 44.6 Å². The fourth-order valence-electron chi connectivity index (χ4n) is 3.31. The fraction of sp³-hybridized carbons (Fsp3) is 0.529. The third-order valence-corrected chi connectivity index (χ3v) is 4.52. The third kappa shape index (κ3) is 3.26. The van der Waals surface area contributed by atoms with Crippen LogP contribution in [-0.4, -0.2) is 24.4 Å². The topological polar surface area (TPSA) is 49.4 Å². The maximum absolute atomic E-state index is 12.3. The number of amides is 2. The van der Waals surface area contributed by atoms with Crippen LogP contribution in [0.15, 0.2) is 30.3 Å². The van der Waals surface area contributed by atoms with E-state index in [0.717, 1.165) is 18.5 Å². The van der Waals surface area contributed by atoms with Gasteiger partial charge in [-0.2, -0.15) is 0 Å². The van der Waals surface area contributed by atoms with Gasteiger partial charge in [0.2, 0.25) is 11.8 Å². The maximum atomic E-state index is 12.3. The Morgan fingerprint density at radius 1 is 1.10 bits per heavy atom. The molecule has 1 saturated heterocycles. The lowest BCUT2D eigenvalue weighted by molar-refractivity contribution is -0.127. The first-order valence-electron chi connectivity index (χ1n) is 7.90. The van der Waals surface area contributed by atoms with Gasteiger partial charge in [-0.05, 0) is 25.0 Å². The lowest BCUT2D eigenvalue weighted by Crippen LogP contribution is -2.40. The van der Waals surface area contributed by atoms with Gasteiger partial charge >= 0.3 is 0 Å². The van der Waals surface area contributed by atoms with Gasteiger partial charge in [0.25, 0.3) is 0 Å². The van der Waals surface area contributed by atoms with Crippen LogP contribution in [-0.2, 0) is 9.59 Å². The molecule has 0 unspecified atom stereocenters. The number of nitrogens with one attached hydrogen (secondary N) is 1. The van der Waals surface area contributed by atoms with E-state index in [4.69, 9.17) is 0 Å². The quantitative estimate of drug-likeness (QED) is 0.928. The van der Waals surface area contributed by atoms with Gasteiger partial charge < -0.3 is 10.2 Å². The Hall–Kier alpha value is -1.84. The van der Waals surface area contributed by atoms with Gasteiger partial charge in [0, 0.05) is 24.7 Å². The van der Waals surface area contributed by atoms with Crippen LogP contribution >= 0.6 is 0 Å². The molecule has 1 aromatic rings. The SMILES string of the molecule is O=C(NC1CCCCC1)[C@@H]1CC(=O)N(c2ccccc2)C1. The molecular formula is C17H22N2O2. The van der Waals surface area contributed by atoms with E-state index < -0.39 is 0 Å². The van der Waals surface area contributed by atoms with Crippen LogP contribution in [0.4, 0.5) is 5.69 Å². The highest BCUT2D eigenvalue weighted by Crippen LogP contribution is 2.25. The Balaban J connectivity index is 1.60. The van der Waals surface area contributed by atoms with E-state index in [2.05, 4.69) is 5.32 Å². The summed E-state index contributed by atoms with van der Waals surface area (Å²) < 4.78 is 0. The van der Waals surface area contributed by atoms with E-state index in [9.17, 15) is 9.59 Å². The molecule has 0 spiro atoms. The summed E-state index contributed by atoms with van der Waals surface area (Å²) in [5.41, 5.74) is 0.885. The molecule has 4 heteroatoms. The van der Waals surface area contributed by atoms with Crippen molar-refractivity contribution in [2.24, 2.45) is 5.92 Å². The average molecular weight is 286 g/mol. The first kappa shape index (κ1) is 14.1. The van der Waals surface area contributed by atoms with Crippen LogP contribution in [0, 0.1) is 5.92 Å². The number of benzene rings is 1. The zero-order valence-electron chi connectivity index (χ0n) is 12.3. The number of hydrogen-bond acceptors (Lipinski definition) is 2. The normalized spacial score (nSPS) is 23.3. The molecule has 1 heterocycles. The van der Waals surface area contributed by atoms with Gasteiger partial charge in [-0.25, -0.2) is 0 Å². The van der Waals surface area contributed by atoms with Crippen molar-refractivity contribution >= 4 is 17.5 Å². The second-order valence-corrected chi connectivity index (χ2v) is 6.08. The average Bonchev–Trinajstić information content (AvgIpc) is 2.91. The highest BCUT2D eigenvalue weighted by molar-refractivity contribution is 6.00. The number of carbonyl (C=O) groups excluding carboxylic acids is 2. The largest absolute Gasteiger partial charge is 0.353 e. The Kier molecular flexibility index (Phi) is 4.23. The molecule has 1 saturated carbocycles. The molecular weight excluding hydrogens is 264 g/mol. The molecule has 3 rings (SSSR count). The second-order valence-electron chi connectivity index (χ2n) is 6.08. The molecule has 2 fully saturated rings. The lowest BCUT2D eigenvalue weighted by Gasteiger charge is -2.24. The van der Waals surface area contributed by atoms with E-state index in [1.807, 2.05) is 30.3 Å². The third-order valence-electron chi connectivity index (χ3n) is 4.52. The number of nitrogens with zero attached hydrogens (tertiary/aromatic N) is 1. The second kappa shape index (κ2) is 6.29. The number of anilines is 1. The van der Waals surface area contributed by atoms with Crippen molar-refractivity contribution in [2.75, 3.05) is 11.4 Å². The summed E-state index contributed by atoms with van der Waals surface area (Å²) in [5, 5.41) is 3.14. The predicted molar refractivity (Wildman–Crippen MR) is 81.9 cm³/mol. The smallest absolute Gasteiger partial charge is 0.227 e. The van der Waals surface area contributed by atoms with E-state index in [1.54, 1.807) is 4.90 Å². The monoisotopic (exact) mass is 286 g/mol. The molecule has 21 heavy (non-hydrogen) atoms. The van der Waals surface area contributed by atoms with Crippen molar-refractivity contribution in [3.63, 3.8) is 0 Å². The highest BCUT2D eigenvalue weighted by Gasteiger charge is 2.35. The van der Waals surface area contributed by atoms with E-state index in [1.165, 1.54) is 19.3 Å². The van der Waals surface area contributed by atoms with Gasteiger partial charge in [-0.3, -0.25) is 9.59 Å². The molecule has 1 aromatic carbocycles. The minimum atomic E-state index is -0.209. The van der Waals surface area contributed by atoms with Crippen molar-refractivity contribution in [1.82, 2.24) is 5.32 Å². The molecule has 4 nitrogen and oxygen atoms in total. The molecule has 0 radical (unpaired) electrons. The van der Waals surface area contributed by atoms with Crippen molar-refractivity contribution in [1.29, 1.82) is 0 Å². The van der Waals surface area contributed by atoms with Gasteiger partial charge in [0.15, 0.2) is 0 Å². The Morgan fingerprint density at radius 2 is 1.81 bits per heavy atom. The van der Waals surface area contributed by atoms with Crippen LogP contribution in [0.25, 0.3) is 0 Å². The fourth-order valence-corrected chi connectivity index (χ4v) is 3.31. The van der Waals surface area contributed by atoms with Crippen molar-refractivity contribution in [3.05, 3.63) is 30.3 Å². The van der Waals surface area contributed by atoms with Crippen molar-refractivity contribution < 1.29 is 9.59 Å². The minimum absolute atomic E-state index is 0.0463. The van der Waals surface area contributed by atoms with Gasteiger partial charge in [-0.15, -0.1) is 0 Å². The molecule has 1 N–H and O–H groups in total. The first-order valence-corrected chi connectivity index (χ1v) is 7.90. The number of para-hydroxylation sites is 1. The first-order chi connectivity index (χ1) is 10.2. The van der Waals surface area contributed by atoms with Gasteiger partial charge in [0.1, 0.15) is 0 Å². The summed E-state index contributed by atoms with van der Waals surface area (Å²) >= 11 is 0. The van der Waals surface area contributed by atoms with Gasteiger partial charge in [0.05, 0.1) is 5.92 Å². The van der Waals surface area contributed by atoms with Crippen LogP contribution in [0.5, 0.6) is 0 Å². The zero-order chi connectivity index (χ0) is 14.7. The molecule has 0 bridgehead atoms. The highest BCUT2D eigenvalue weighted by atomic mass is 16.2. The Labute approximate surface area is 125 Å². The lowest BCUT2D eigenvalue weighted by atomic mass is 9.95. The van der Waals surface area contributed by atoms with E-state index >= 15 is 0 Å².